The average molecular weight is 309 g/mol. The van der Waals surface area contributed by atoms with Crippen molar-refractivity contribution in [1.82, 2.24) is 4.90 Å². The number of ether oxygens (including phenoxy) is 1. The minimum atomic E-state index is -1.06. The minimum absolute atomic E-state index is 0.173. The number of likely N-dealkylation sites (N-methyl/N-ethyl adjacent to an activating group) is 1. The first kappa shape index (κ1) is 14.5. The number of aliphatic carboxylic acids is 1. The second-order valence-corrected chi connectivity index (χ2v) is 5.64. The number of carbonyl (C=O) groups is 2. The first-order chi connectivity index (χ1) is 9.49. The van der Waals surface area contributed by atoms with Crippen LogP contribution in [0.25, 0.3) is 6.08 Å². The predicted octanol–water partition coefficient (Wildman–Crippen LogP) is 1.98. The van der Waals surface area contributed by atoms with Crippen LogP contribution in [-0.4, -0.2) is 39.9 Å². The highest BCUT2D eigenvalue weighted by atomic mass is 32.2. The van der Waals surface area contributed by atoms with Gasteiger partial charge in [0.25, 0.3) is 5.91 Å². The molecule has 0 aliphatic carbocycles. The van der Waals surface area contributed by atoms with Crippen LogP contribution in [0.4, 0.5) is 0 Å². The van der Waals surface area contributed by atoms with E-state index in [4.69, 9.17) is 22.1 Å². The van der Waals surface area contributed by atoms with Crippen molar-refractivity contribution in [2.45, 2.75) is 0 Å². The van der Waals surface area contributed by atoms with E-state index in [9.17, 15) is 9.59 Å². The van der Waals surface area contributed by atoms with E-state index < -0.39 is 12.6 Å². The lowest BCUT2D eigenvalue weighted by Crippen LogP contribution is -2.22. The molecule has 0 saturated carbocycles. The highest BCUT2D eigenvalue weighted by Crippen LogP contribution is 2.33. The average Bonchev–Trinajstić information content (AvgIpc) is 2.65. The highest BCUT2D eigenvalue weighted by molar-refractivity contribution is 8.26. The Labute approximate surface area is 125 Å². The fraction of sp³-hybridized carbons (Fsp3) is 0.154. The van der Waals surface area contributed by atoms with E-state index in [2.05, 4.69) is 0 Å². The molecular formula is C13H11NO4S2. The maximum Gasteiger partial charge on any atom is 0.341 e. The molecule has 0 unspecified atom stereocenters. The summed E-state index contributed by atoms with van der Waals surface area (Å²) < 4.78 is 5.68. The largest absolute Gasteiger partial charge is 0.481 e. The standard InChI is InChI=1S/C13H11NO4S2/c1-14-12(17)10(20-13(14)19)6-8-4-2-3-5-9(8)18-7-11(15)16/h2-6H,7H2,1H3,(H,15,16)/b10-6-. The van der Waals surface area contributed by atoms with Crippen LogP contribution in [0.15, 0.2) is 29.2 Å². The van der Waals surface area contributed by atoms with Crippen molar-refractivity contribution in [1.29, 1.82) is 0 Å². The van der Waals surface area contributed by atoms with Crippen molar-refractivity contribution in [2.24, 2.45) is 0 Å². The Morgan fingerprint density at radius 2 is 2.20 bits per heavy atom. The summed E-state index contributed by atoms with van der Waals surface area (Å²) in [6.45, 7) is -0.431. The molecule has 20 heavy (non-hydrogen) atoms. The molecule has 104 valence electrons. The van der Waals surface area contributed by atoms with Gasteiger partial charge in [-0.15, -0.1) is 0 Å². The molecule has 7 heteroatoms. The third-order valence-corrected chi connectivity index (χ3v) is 4.03. The lowest BCUT2D eigenvalue weighted by molar-refractivity contribution is -0.139. The molecule has 0 atom stereocenters. The Bertz CT molecular complexity index is 612. The van der Waals surface area contributed by atoms with Gasteiger partial charge in [0.2, 0.25) is 0 Å². The highest BCUT2D eigenvalue weighted by Gasteiger charge is 2.28. The second kappa shape index (κ2) is 6.06. The summed E-state index contributed by atoms with van der Waals surface area (Å²) in [5.74, 6) is -0.816. The molecular weight excluding hydrogens is 298 g/mol. The number of thioether (sulfide) groups is 1. The third-order valence-electron chi connectivity index (χ3n) is 2.54. The smallest absolute Gasteiger partial charge is 0.341 e. The van der Waals surface area contributed by atoms with Crippen LogP contribution in [-0.2, 0) is 9.59 Å². The van der Waals surface area contributed by atoms with E-state index in [0.717, 1.165) is 0 Å². The zero-order chi connectivity index (χ0) is 14.7. The monoisotopic (exact) mass is 309 g/mol. The Balaban J connectivity index is 2.27. The molecule has 2 rings (SSSR count). The van der Waals surface area contributed by atoms with E-state index >= 15 is 0 Å². The number of hydrogen-bond donors (Lipinski definition) is 1. The Morgan fingerprint density at radius 1 is 1.50 bits per heavy atom. The van der Waals surface area contributed by atoms with E-state index in [1.807, 2.05) is 0 Å². The van der Waals surface area contributed by atoms with E-state index in [1.165, 1.54) is 16.7 Å². The van der Waals surface area contributed by atoms with Gasteiger partial charge in [-0.25, -0.2) is 4.79 Å². The van der Waals surface area contributed by atoms with Crippen LogP contribution < -0.4 is 4.74 Å². The maximum absolute atomic E-state index is 11.9. The van der Waals surface area contributed by atoms with Crippen LogP contribution in [0.3, 0.4) is 0 Å². The van der Waals surface area contributed by atoms with Crippen LogP contribution in [0.1, 0.15) is 5.56 Å². The summed E-state index contributed by atoms with van der Waals surface area (Å²) in [5, 5.41) is 8.64. The van der Waals surface area contributed by atoms with Crippen molar-refractivity contribution >= 4 is 46.3 Å². The summed E-state index contributed by atoms with van der Waals surface area (Å²) in [5.41, 5.74) is 0.641. The molecule has 1 fully saturated rings. The minimum Gasteiger partial charge on any atom is -0.481 e. The van der Waals surface area contributed by atoms with Gasteiger partial charge in [-0.1, -0.05) is 42.2 Å². The fourth-order valence-corrected chi connectivity index (χ4v) is 2.73. The van der Waals surface area contributed by atoms with Gasteiger partial charge >= 0.3 is 5.97 Å². The van der Waals surface area contributed by atoms with E-state index in [0.29, 0.717) is 20.5 Å². The topological polar surface area (TPSA) is 66.8 Å². The number of carboxylic acid groups (broad SMARTS) is 1. The number of para-hydroxylation sites is 1. The first-order valence-corrected chi connectivity index (χ1v) is 6.86. The lowest BCUT2D eigenvalue weighted by Gasteiger charge is -2.07. The molecule has 1 aliphatic rings. The molecule has 1 aromatic carbocycles. The van der Waals surface area contributed by atoms with Crippen molar-refractivity contribution in [3.8, 4) is 5.75 Å². The van der Waals surface area contributed by atoms with Crippen molar-refractivity contribution < 1.29 is 19.4 Å². The van der Waals surface area contributed by atoms with Crippen LogP contribution in [0.5, 0.6) is 5.75 Å². The number of carboxylic acids is 1. The van der Waals surface area contributed by atoms with Crippen LogP contribution in [0, 0.1) is 0 Å². The van der Waals surface area contributed by atoms with Gasteiger partial charge in [0.1, 0.15) is 10.1 Å². The van der Waals surface area contributed by atoms with Gasteiger partial charge in [0.15, 0.2) is 6.61 Å². The molecule has 1 saturated heterocycles. The van der Waals surface area contributed by atoms with Gasteiger partial charge in [0.05, 0.1) is 4.91 Å². The van der Waals surface area contributed by atoms with E-state index in [1.54, 1.807) is 37.4 Å². The zero-order valence-corrected chi connectivity index (χ0v) is 12.2. The molecule has 1 amide bonds. The number of benzene rings is 1. The lowest BCUT2D eigenvalue weighted by atomic mass is 10.2. The zero-order valence-electron chi connectivity index (χ0n) is 10.5. The van der Waals surface area contributed by atoms with Gasteiger partial charge in [-0.05, 0) is 12.1 Å². The van der Waals surface area contributed by atoms with Crippen molar-refractivity contribution in [3.63, 3.8) is 0 Å². The SMILES string of the molecule is CN1C(=O)/C(=C/c2ccccc2OCC(=O)O)SC1=S. The maximum atomic E-state index is 11.9. The normalized spacial score (nSPS) is 16.9. The van der Waals surface area contributed by atoms with Gasteiger partial charge in [-0.2, -0.15) is 0 Å². The molecule has 5 nitrogen and oxygen atoms in total. The summed E-state index contributed by atoms with van der Waals surface area (Å²) >= 11 is 6.26. The predicted molar refractivity (Wildman–Crippen MR) is 80.5 cm³/mol. The number of thiocarbonyl (C=S) groups is 1. The fourth-order valence-electron chi connectivity index (χ4n) is 1.56. The Hall–Kier alpha value is -1.86. The third kappa shape index (κ3) is 3.17. The Kier molecular flexibility index (Phi) is 4.41. The van der Waals surface area contributed by atoms with Crippen LogP contribution in [0.2, 0.25) is 0 Å². The summed E-state index contributed by atoms with van der Waals surface area (Å²) in [6, 6.07) is 6.92. The number of hydrogen-bond acceptors (Lipinski definition) is 5. The van der Waals surface area contributed by atoms with E-state index in [-0.39, 0.29) is 5.91 Å². The second-order valence-electron chi connectivity index (χ2n) is 3.96. The molecule has 1 N–H and O–H groups in total. The molecule has 0 radical (unpaired) electrons. The number of carbonyl (C=O) groups excluding carboxylic acids is 1. The number of nitrogens with zero attached hydrogens (tertiary/aromatic N) is 1. The van der Waals surface area contributed by atoms with Crippen LogP contribution >= 0.6 is 24.0 Å². The molecule has 1 aliphatic heterocycles. The molecule has 1 aromatic rings. The van der Waals surface area contributed by atoms with Gasteiger partial charge < -0.3 is 9.84 Å². The quantitative estimate of drug-likeness (QED) is 0.677. The van der Waals surface area contributed by atoms with Gasteiger partial charge in [0, 0.05) is 12.6 Å². The first-order valence-electron chi connectivity index (χ1n) is 5.64. The van der Waals surface area contributed by atoms with Crippen molar-refractivity contribution in [3.05, 3.63) is 34.7 Å². The molecule has 1 heterocycles. The van der Waals surface area contributed by atoms with Gasteiger partial charge in [-0.3, -0.25) is 9.69 Å². The Morgan fingerprint density at radius 3 is 2.80 bits per heavy atom. The molecule has 0 spiro atoms. The summed E-state index contributed by atoms with van der Waals surface area (Å²) in [4.78, 5) is 24.3. The summed E-state index contributed by atoms with van der Waals surface area (Å²) in [7, 11) is 1.62. The number of amides is 1. The summed E-state index contributed by atoms with van der Waals surface area (Å²) in [6.07, 6.45) is 1.65. The van der Waals surface area contributed by atoms with Crippen molar-refractivity contribution in [2.75, 3.05) is 13.7 Å². The molecule has 0 aromatic heterocycles. The number of rotatable bonds is 4. The molecule has 0 bridgehead atoms.